The Kier molecular flexibility index (Phi) is 5.85. The van der Waals surface area contributed by atoms with Crippen LogP contribution in [0.5, 0.6) is 17.2 Å². The lowest BCUT2D eigenvalue weighted by Crippen LogP contribution is -2.48. The zero-order valence-electron chi connectivity index (χ0n) is 13.7. The molecule has 1 aliphatic rings. The van der Waals surface area contributed by atoms with Crippen molar-refractivity contribution in [1.29, 1.82) is 0 Å². The Labute approximate surface area is 137 Å². The van der Waals surface area contributed by atoms with Crippen LogP contribution in [-0.2, 0) is 0 Å². The number of hydrogen-bond donors (Lipinski definition) is 0. The molecule has 0 amide bonds. The van der Waals surface area contributed by atoms with E-state index < -0.39 is 0 Å². The molecule has 22 heavy (non-hydrogen) atoms. The topological polar surface area (TPSA) is 34.2 Å². The predicted octanol–water partition coefficient (Wildman–Crippen LogP) is 2.03. The van der Waals surface area contributed by atoms with Gasteiger partial charge in [-0.05, 0) is 12.6 Å². The number of nitrogens with zero attached hydrogens (tertiary/aromatic N) is 2. The molecule has 0 aromatic heterocycles. The molecule has 2 rings (SSSR count). The maximum Gasteiger partial charge on any atom is 0.164 e. The molecule has 1 fully saturated rings. The van der Waals surface area contributed by atoms with Crippen LogP contribution >= 0.6 is 12.2 Å². The first-order valence-corrected chi connectivity index (χ1v) is 7.87. The highest BCUT2D eigenvalue weighted by Crippen LogP contribution is 2.35. The van der Waals surface area contributed by atoms with Crippen molar-refractivity contribution in [2.75, 3.05) is 54.1 Å². The molecule has 1 heterocycles. The SMILES string of the molecule is CCN1CCN(C(=S)c2cc(OC)c(OC)cc2OC)CC1. The fourth-order valence-corrected chi connectivity index (χ4v) is 2.98. The van der Waals surface area contributed by atoms with Crippen LogP contribution in [0.2, 0.25) is 0 Å². The number of rotatable bonds is 5. The van der Waals surface area contributed by atoms with Crippen molar-refractivity contribution < 1.29 is 14.2 Å². The standard InChI is InChI=1S/C16H24N2O3S/c1-5-17-6-8-18(9-7-17)16(22)12-10-14(20-3)15(21-4)11-13(12)19-2/h10-11H,5-9H2,1-4H3. The van der Waals surface area contributed by atoms with E-state index in [0.717, 1.165) is 43.3 Å². The monoisotopic (exact) mass is 324 g/mol. The lowest BCUT2D eigenvalue weighted by Gasteiger charge is -2.36. The molecule has 1 aliphatic heterocycles. The summed E-state index contributed by atoms with van der Waals surface area (Å²) < 4.78 is 16.2. The summed E-state index contributed by atoms with van der Waals surface area (Å²) in [5.74, 6) is 2.01. The predicted molar refractivity (Wildman–Crippen MR) is 91.5 cm³/mol. The third kappa shape index (κ3) is 3.44. The van der Waals surface area contributed by atoms with Gasteiger partial charge in [-0.25, -0.2) is 0 Å². The van der Waals surface area contributed by atoms with Gasteiger partial charge in [0.1, 0.15) is 10.7 Å². The van der Waals surface area contributed by atoms with Crippen LogP contribution in [0, 0.1) is 0 Å². The average molecular weight is 324 g/mol. The van der Waals surface area contributed by atoms with Gasteiger partial charge in [-0.2, -0.15) is 0 Å². The maximum atomic E-state index is 5.69. The van der Waals surface area contributed by atoms with Gasteiger partial charge >= 0.3 is 0 Å². The van der Waals surface area contributed by atoms with Gasteiger partial charge in [0, 0.05) is 32.2 Å². The van der Waals surface area contributed by atoms with Crippen LogP contribution < -0.4 is 14.2 Å². The highest BCUT2D eigenvalue weighted by atomic mass is 32.1. The molecule has 0 radical (unpaired) electrons. The largest absolute Gasteiger partial charge is 0.496 e. The summed E-state index contributed by atoms with van der Waals surface area (Å²) in [5, 5.41) is 0. The van der Waals surface area contributed by atoms with Crippen LogP contribution in [-0.4, -0.2) is 68.8 Å². The van der Waals surface area contributed by atoms with Gasteiger partial charge in [-0.1, -0.05) is 19.1 Å². The molecular weight excluding hydrogens is 300 g/mol. The number of likely N-dealkylation sites (N-methyl/N-ethyl adjacent to an activating group) is 1. The molecule has 0 bridgehead atoms. The molecule has 1 aromatic carbocycles. The lowest BCUT2D eigenvalue weighted by molar-refractivity contribution is 0.192. The van der Waals surface area contributed by atoms with E-state index >= 15 is 0 Å². The molecule has 0 spiro atoms. The minimum atomic E-state index is 0.640. The van der Waals surface area contributed by atoms with E-state index in [-0.39, 0.29) is 0 Å². The Morgan fingerprint density at radius 2 is 1.50 bits per heavy atom. The minimum Gasteiger partial charge on any atom is -0.496 e. The van der Waals surface area contributed by atoms with Crippen molar-refractivity contribution >= 4 is 17.2 Å². The third-order valence-electron chi connectivity index (χ3n) is 4.04. The normalized spacial score (nSPS) is 15.5. The zero-order chi connectivity index (χ0) is 16.1. The van der Waals surface area contributed by atoms with Crippen molar-refractivity contribution in [2.24, 2.45) is 0 Å². The Hall–Kier alpha value is -1.53. The molecule has 1 aromatic rings. The first-order chi connectivity index (χ1) is 10.6. The first-order valence-electron chi connectivity index (χ1n) is 7.46. The highest BCUT2D eigenvalue weighted by Gasteiger charge is 2.22. The van der Waals surface area contributed by atoms with Crippen LogP contribution in [0.4, 0.5) is 0 Å². The first kappa shape index (κ1) is 16.8. The number of benzene rings is 1. The Bertz CT molecular complexity index is 528. The summed E-state index contributed by atoms with van der Waals surface area (Å²) >= 11 is 5.69. The second kappa shape index (κ2) is 7.65. The summed E-state index contributed by atoms with van der Waals surface area (Å²) in [6.07, 6.45) is 0. The van der Waals surface area contributed by atoms with Gasteiger partial charge in [0.25, 0.3) is 0 Å². The average Bonchev–Trinajstić information content (AvgIpc) is 2.59. The summed E-state index contributed by atoms with van der Waals surface area (Å²) in [7, 11) is 4.87. The molecule has 0 saturated carbocycles. The molecule has 122 valence electrons. The summed E-state index contributed by atoms with van der Waals surface area (Å²) in [6, 6.07) is 3.72. The maximum absolute atomic E-state index is 5.69. The smallest absolute Gasteiger partial charge is 0.164 e. The van der Waals surface area contributed by atoms with E-state index in [4.69, 9.17) is 26.4 Å². The van der Waals surface area contributed by atoms with Crippen molar-refractivity contribution in [3.8, 4) is 17.2 Å². The summed E-state index contributed by atoms with van der Waals surface area (Å²) in [4.78, 5) is 5.45. The van der Waals surface area contributed by atoms with Crippen LogP contribution in [0.3, 0.4) is 0 Å². The second-order valence-electron chi connectivity index (χ2n) is 5.13. The Balaban J connectivity index is 2.25. The van der Waals surface area contributed by atoms with Gasteiger partial charge in [-0.3, -0.25) is 0 Å². The van der Waals surface area contributed by atoms with Crippen LogP contribution in [0.1, 0.15) is 12.5 Å². The highest BCUT2D eigenvalue weighted by molar-refractivity contribution is 7.80. The fraction of sp³-hybridized carbons (Fsp3) is 0.562. The van der Waals surface area contributed by atoms with Gasteiger partial charge in [-0.15, -0.1) is 0 Å². The second-order valence-corrected chi connectivity index (χ2v) is 5.52. The number of piperazine rings is 1. The number of ether oxygens (including phenoxy) is 3. The number of hydrogen-bond acceptors (Lipinski definition) is 5. The van der Waals surface area contributed by atoms with Gasteiger partial charge in [0.05, 0.1) is 26.9 Å². The van der Waals surface area contributed by atoms with Gasteiger partial charge in [0.15, 0.2) is 11.5 Å². The quantitative estimate of drug-likeness (QED) is 0.771. The molecular formula is C16H24N2O3S. The van der Waals surface area contributed by atoms with E-state index in [1.807, 2.05) is 12.1 Å². The minimum absolute atomic E-state index is 0.640. The number of methoxy groups -OCH3 is 3. The molecule has 6 heteroatoms. The van der Waals surface area contributed by atoms with E-state index in [9.17, 15) is 0 Å². The van der Waals surface area contributed by atoms with Gasteiger partial charge < -0.3 is 24.0 Å². The Morgan fingerprint density at radius 3 is 2.00 bits per heavy atom. The molecule has 1 saturated heterocycles. The van der Waals surface area contributed by atoms with E-state index in [1.54, 1.807) is 21.3 Å². The molecule has 0 atom stereocenters. The lowest BCUT2D eigenvalue weighted by atomic mass is 10.1. The van der Waals surface area contributed by atoms with Crippen molar-refractivity contribution in [2.45, 2.75) is 6.92 Å². The third-order valence-corrected chi connectivity index (χ3v) is 4.52. The molecule has 0 aliphatic carbocycles. The summed E-state index contributed by atoms with van der Waals surface area (Å²) in [5.41, 5.74) is 0.875. The Morgan fingerprint density at radius 1 is 0.955 bits per heavy atom. The van der Waals surface area contributed by atoms with E-state index in [0.29, 0.717) is 17.2 Å². The molecule has 0 unspecified atom stereocenters. The van der Waals surface area contributed by atoms with Crippen molar-refractivity contribution in [3.05, 3.63) is 17.7 Å². The van der Waals surface area contributed by atoms with Crippen LogP contribution in [0.15, 0.2) is 12.1 Å². The molecule has 0 N–H and O–H groups in total. The van der Waals surface area contributed by atoms with Crippen molar-refractivity contribution in [3.63, 3.8) is 0 Å². The summed E-state index contributed by atoms with van der Waals surface area (Å²) in [6.45, 7) is 7.21. The zero-order valence-corrected chi connectivity index (χ0v) is 14.5. The van der Waals surface area contributed by atoms with E-state index in [2.05, 4.69) is 16.7 Å². The van der Waals surface area contributed by atoms with Crippen molar-refractivity contribution in [1.82, 2.24) is 9.80 Å². The number of thiocarbonyl (C=S) groups is 1. The fourth-order valence-electron chi connectivity index (χ4n) is 2.63. The van der Waals surface area contributed by atoms with E-state index in [1.165, 1.54) is 0 Å². The molecule has 5 nitrogen and oxygen atoms in total. The van der Waals surface area contributed by atoms with Crippen LogP contribution in [0.25, 0.3) is 0 Å². The van der Waals surface area contributed by atoms with Gasteiger partial charge in [0.2, 0.25) is 0 Å².